The van der Waals surface area contributed by atoms with Crippen molar-refractivity contribution in [3.63, 3.8) is 0 Å². The van der Waals surface area contributed by atoms with Crippen LogP contribution in [-0.4, -0.2) is 7.05 Å². The summed E-state index contributed by atoms with van der Waals surface area (Å²) in [6.45, 7) is 0.206. The zero-order valence-electron chi connectivity index (χ0n) is 11.8. The molecular formula is C17H17ClFNO. The minimum Gasteiger partial charge on any atom is -0.489 e. The Kier molecular flexibility index (Phi) is 4.13. The number of halogens is 2. The van der Waals surface area contributed by atoms with Gasteiger partial charge in [0.05, 0.1) is 0 Å². The van der Waals surface area contributed by atoms with Crippen molar-refractivity contribution >= 4 is 11.6 Å². The third-order valence-electron chi connectivity index (χ3n) is 3.95. The number of hydrogen-bond donors (Lipinski definition) is 1. The van der Waals surface area contributed by atoms with Gasteiger partial charge in [0.15, 0.2) is 0 Å². The maximum atomic E-state index is 13.7. The topological polar surface area (TPSA) is 21.3 Å². The van der Waals surface area contributed by atoms with Gasteiger partial charge in [0.2, 0.25) is 0 Å². The van der Waals surface area contributed by atoms with E-state index in [9.17, 15) is 4.39 Å². The van der Waals surface area contributed by atoms with Crippen LogP contribution in [0.1, 0.15) is 29.2 Å². The summed E-state index contributed by atoms with van der Waals surface area (Å²) in [5, 5.41) is 3.70. The highest BCUT2D eigenvalue weighted by Crippen LogP contribution is 2.33. The molecule has 3 rings (SSSR count). The van der Waals surface area contributed by atoms with Crippen molar-refractivity contribution in [2.75, 3.05) is 7.05 Å². The van der Waals surface area contributed by atoms with Gasteiger partial charge in [-0.15, -0.1) is 0 Å². The highest BCUT2D eigenvalue weighted by molar-refractivity contribution is 6.30. The summed E-state index contributed by atoms with van der Waals surface area (Å²) in [7, 11) is 1.98. The Bertz CT molecular complexity index is 659. The zero-order chi connectivity index (χ0) is 14.8. The van der Waals surface area contributed by atoms with E-state index >= 15 is 0 Å². The lowest BCUT2D eigenvalue weighted by molar-refractivity contribution is 0.299. The molecule has 0 heterocycles. The Labute approximate surface area is 128 Å². The van der Waals surface area contributed by atoms with Crippen LogP contribution in [0.5, 0.6) is 5.75 Å². The van der Waals surface area contributed by atoms with E-state index in [0.29, 0.717) is 16.6 Å². The van der Waals surface area contributed by atoms with Gasteiger partial charge < -0.3 is 10.1 Å². The first kappa shape index (κ1) is 14.4. The standard InChI is InChI=1S/C17H17ClFNO/c1-20-17-7-3-11-8-14(5-6-15(11)17)21-10-12-2-4-13(18)9-16(12)19/h2,4-6,8-9,17,20H,3,7,10H2,1H3. The fourth-order valence-electron chi connectivity index (χ4n) is 2.78. The predicted molar refractivity (Wildman–Crippen MR) is 82.3 cm³/mol. The van der Waals surface area contributed by atoms with Crippen LogP contribution in [0.25, 0.3) is 0 Å². The predicted octanol–water partition coefficient (Wildman–Crippen LogP) is 4.26. The van der Waals surface area contributed by atoms with E-state index in [1.807, 2.05) is 13.1 Å². The first-order valence-corrected chi connectivity index (χ1v) is 7.42. The molecule has 21 heavy (non-hydrogen) atoms. The molecule has 0 aliphatic heterocycles. The van der Waals surface area contributed by atoms with Crippen LogP contribution in [0, 0.1) is 5.82 Å². The van der Waals surface area contributed by atoms with Gasteiger partial charge in [-0.2, -0.15) is 0 Å². The van der Waals surface area contributed by atoms with Crippen LogP contribution in [0.15, 0.2) is 36.4 Å². The Morgan fingerprint density at radius 1 is 1.29 bits per heavy atom. The van der Waals surface area contributed by atoms with Gasteiger partial charge >= 0.3 is 0 Å². The second-order valence-electron chi connectivity index (χ2n) is 5.26. The molecule has 0 spiro atoms. The highest BCUT2D eigenvalue weighted by Gasteiger charge is 2.21. The SMILES string of the molecule is CNC1CCc2cc(OCc3ccc(Cl)cc3F)ccc21. The molecule has 0 radical (unpaired) electrons. The lowest BCUT2D eigenvalue weighted by atomic mass is 10.1. The fourth-order valence-corrected chi connectivity index (χ4v) is 2.94. The lowest BCUT2D eigenvalue weighted by Crippen LogP contribution is -2.12. The molecule has 1 N–H and O–H groups in total. The maximum Gasteiger partial charge on any atom is 0.131 e. The first-order valence-electron chi connectivity index (χ1n) is 7.04. The van der Waals surface area contributed by atoms with Gasteiger partial charge in [-0.25, -0.2) is 4.39 Å². The van der Waals surface area contributed by atoms with Crippen molar-refractivity contribution < 1.29 is 9.13 Å². The average molecular weight is 306 g/mol. The zero-order valence-corrected chi connectivity index (χ0v) is 12.6. The van der Waals surface area contributed by atoms with Crippen LogP contribution in [-0.2, 0) is 13.0 Å². The third-order valence-corrected chi connectivity index (χ3v) is 4.19. The van der Waals surface area contributed by atoms with Gasteiger partial charge in [-0.05, 0) is 55.3 Å². The Balaban J connectivity index is 1.72. The summed E-state index contributed by atoms with van der Waals surface area (Å²) < 4.78 is 19.4. The molecule has 1 aliphatic carbocycles. The largest absolute Gasteiger partial charge is 0.489 e. The van der Waals surface area contributed by atoms with E-state index < -0.39 is 0 Å². The Morgan fingerprint density at radius 3 is 2.90 bits per heavy atom. The molecule has 0 amide bonds. The average Bonchev–Trinajstić information content (AvgIpc) is 2.88. The molecule has 0 fully saturated rings. The van der Waals surface area contributed by atoms with Gasteiger partial charge in [-0.3, -0.25) is 0 Å². The third kappa shape index (κ3) is 3.04. The highest BCUT2D eigenvalue weighted by atomic mass is 35.5. The van der Waals surface area contributed by atoms with Crippen molar-refractivity contribution in [3.8, 4) is 5.75 Å². The summed E-state index contributed by atoms with van der Waals surface area (Å²) in [6, 6.07) is 11.2. The van der Waals surface area contributed by atoms with Crippen LogP contribution in [0.2, 0.25) is 5.02 Å². The molecule has 4 heteroatoms. The van der Waals surface area contributed by atoms with E-state index in [1.165, 1.54) is 17.2 Å². The normalized spacial score (nSPS) is 16.8. The molecule has 2 aromatic carbocycles. The van der Waals surface area contributed by atoms with E-state index in [-0.39, 0.29) is 12.4 Å². The van der Waals surface area contributed by atoms with Crippen molar-refractivity contribution in [1.29, 1.82) is 0 Å². The second-order valence-corrected chi connectivity index (χ2v) is 5.70. The Hall–Kier alpha value is -1.58. The van der Waals surface area contributed by atoms with Crippen molar-refractivity contribution in [2.24, 2.45) is 0 Å². The summed E-state index contributed by atoms with van der Waals surface area (Å²) in [5.41, 5.74) is 3.15. The summed E-state index contributed by atoms with van der Waals surface area (Å²) in [4.78, 5) is 0. The molecule has 0 saturated carbocycles. The fraction of sp³-hybridized carbons (Fsp3) is 0.294. The monoisotopic (exact) mass is 305 g/mol. The van der Waals surface area contributed by atoms with E-state index in [2.05, 4.69) is 17.4 Å². The summed E-state index contributed by atoms with van der Waals surface area (Å²) >= 11 is 5.74. The van der Waals surface area contributed by atoms with E-state index in [0.717, 1.165) is 18.6 Å². The van der Waals surface area contributed by atoms with Gasteiger partial charge in [0.1, 0.15) is 18.2 Å². The van der Waals surface area contributed by atoms with Crippen molar-refractivity contribution in [2.45, 2.75) is 25.5 Å². The molecule has 2 nitrogen and oxygen atoms in total. The van der Waals surface area contributed by atoms with Gasteiger partial charge in [0.25, 0.3) is 0 Å². The van der Waals surface area contributed by atoms with Gasteiger partial charge in [-0.1, -0.05) is 23.7 Å². The number of benzene rings is 2. The first-order chi connectivity index (χ1) is 10.2. The smallest absolute Gasteiger partial charge is 0.131 e. The number of nitrogens with one attached hydrogen (secondary N) is 1. The summed E-state index contributed by atoms with van der Waals surface area (Å²) in [6.07, 6.45) is 2.16. The maximum absolute atomic E-state index is 13.7. The van der Waals surface area contributed by atoms with Crippen LogP contribution >= 0.6 is 11.6 Å². The minimum atomic E-state index is -0.334. The number of rotatable bonds is 4. The molecule has 0 saturated heterocycles. The van der Waals surface area contributed by atoms with Crippen LogP contribution in [0.4, 0.5) is 4.39 Å². The Morgan fingerprint density at radius 2 is 2.14 bits per heavy atom. The van der Waals surface area contributed by atoms with Gasteiger partial charge in [0, 0.05) is 16.6 Å². The molecule has 1 aliphatic rings. The number of fused-ring (bicyclic) bond motifs is 1. The molecule has 1 unspecified atom stereocenters. The molecule has 1 atom stereocenters. The quantitative estimate of drug-likeness (QED) is 0.911. The molecule has 2 aromatic rings. The van der Waals surface area contributed by atoms with Crippen LogP contribution < -0.4 is 10.1 Å². The summed E-state index contributed by atoms with van der Waals surface area (Å²) in [5.74, 6) is 0.443. The van der Waals surface area contributed by atoms with Crippen molar-refractivity contribution in [3.05, 3.63) is 63.9 Å². The lowest BCUT2D eigenvalue weighted by Gasteiger charge is -2.12. The van der Waals surface area contributed by atoms with Crippen molar-refractivity contribution in [1.82, 2.24) is 5.32 Å². The second kappa shape index (κ2) is 6.04. The molecule has 0 aromatic heterocycles. The van der Waals surface area contributed by atoms with Crippen LogP contribution in [0.3, 0.4) is 0 Å². The molecular weight excluding hydrogens is 289 g/mol. The minimum absolute atomic E-state index is 0.206. The number of hydrogen-bond acceptors (Lipinski definition) is 2. The molecule has 110 valence electrons. The number of ether oxygens (including phenoxy) is 1. The van der Waals surface area contributed by atoms with E-state index in [1.54, 1.807) is 12.1 Å². The molecule has 0 bridgehead atoms. The number of aryl methyl sites for hydroxylation is 1. The van der Waals surface area contributed by atoms with E-state index in [4.69, 9.17) is 16.3 Å².